The fourth-order valence-electron chi connectivity index (χ4n) is 2.97. The number of anilines is 1. The van der Waals surface area contributed by atoms with Crippen LogP contribution in [0.1, 0.15) is 29.9 Å². The van der Waals surface area contributed by atoms with Gasteiger partial charge in [0, 0.05) is 23.2 Å². The number of nitrogen functional groups attached to an aromatic ring is 1. The molecule has 2 aromatic carbocycles. The van der Waals surface area contributed by atoms with Crippen molar-refractivity contribution in [2.75, 3.05) is 5.73 Å². The van der Waals surface area contributed by atoms with Gasteiger partial charge in [-0.1, -0.05) is 43.3 Å². The van der Waals surface area contributed by atoms with E-state index in [4.69, 9.17) is 16.2 Å². The molecule has 2 aromatic rings. The number of rotatable bonds is 2. The maximum Gasteiger partial charge on any atom is 0.205 e. The molecule has 0 radical (unpaired) electrons. The minimum Gasteiger partial charge on any atom is -0.440 e. The van der Waals surface area contributed by atoms with Gasteiger partial charge < -0.3 is 16.2 Å². The summed E-state index contributed by atoms with van der Waals surface area (Å²) >= 11 is 0. The van der Waals surface area contributed by atoms with Gasteiger partial charge in [-0.2, -0.15) is 5.26 Å². The molecule has 1 heterocycles. The zero-order valence-electron chi connectivity index (χ0n) is 12.3. The standard InChI is InChI=1S/C18H17N3O/c1-11(12-5-3-2-4-6-12)17-14-8-7-13(20)9-16(14)22-18(21)15(17)10-19/h2-9,11,17H,20-21H2,1H3/t11-,17-/m1/s1. The lowest BCUT2D eigenvalue weighted by Crippen LogP contribution is -2.23. The van der Waals surface area contributed by atoms with Gasteiger partial charge in [-0.05, 0) is 17.5 Å². The van der Waals surface area contributed by atoms with Crippen LogP contribution in [-0.4, -0.2) is 0 Å². The highest BCUT2D eigenvalue weighted by atomic mass is 16.5. The molecule has 0 saturated heterocycles. The molecular formula is C18H17N3O. The van der Waals surface area contributed by atoms with E-state index in [-0.39, 0.29) is 17.7 Å². The minimum absolute atomic E-state index is 0.0978. The Morgan fingerprint density at radius 3 is 2.55 bits per heavy atom. The van der Waals surface area contributed by atoms with Crippen molar-refractivity contribution < 1.29 is 4.74 Å². The van der Waals surface area contributed by atoms with E-state index >= 15 is 0 Å². The lowest BCUT2D eigenvalue weighted by Gasteiger charge is -2.30. The molecule has 3 rings (SSSR count). The summed E-state index contributed by atoms with van der Waals surface area (Å²) in [6, 6.07) is 17.8. The lowest BCUT2D eigenvalue weighted by atomic mass is 9.77. The predicted molar refractivity (Wildman–Crippen MR) is 85.9 cm³/mol. The average Bonchev–Trinajstić information content (AvgIpc) is 2.53. The van der Waals surface area contributed by atoms with Gasteiger partial charge in [0.05, 0.1) is 5.57 Å². The molecule has 4 heteroatoms. The van der Waals surface area contributed by atoms with Gasteiger partial charge >= 0.3 is 0 Å². The second-order valence-corrected chi connectivity index (χ2v) is 5.47. The van der Waals surface area contributed by atoms with Gasteiger partial charge in [0.1, 0.15) is 11.8 Å². The van der Waals surface area contributed by atoms with E-state index in [0.29, 0.717) is 17.0 Å². The quantitative estimate of drug-likeness (QED) is 0.832. The molecule has 1 aliphatic heterocycles. The molecule has 0 aromatic heterocycles. The molecule has 0 saturated carbocycles. The van der Waals surface area contributed by atoms with E-state index in [1.807, 2.05) is 30.3 Å². The molecule has 22 heavy (non-hydrogen) atoms. The van der Waals surface area contributed by atoms with Crippen LogP contribution in [0.25, 0.3) is 0 Å². The fraction of sp³-hybridized carbons (Fsp3) is 0.167. The van der Waals surface area contributed by atoms with Gasteiger partial charge in [-0.15, -0.1) is 0 Å². The number of nitrogens with two attached hydrogens (primary N) is 2. The van der Waals surface area contributed by atoms with Gasteiger partial charge in [-0.3, -0.25) is 0 Å². The lowest BCUT2D eigenvalue weighted by molar-refractivity contribution is 0.381. The molecule has 4 nitrogen and oxygen atoms in total. The van der Waals surface area contributed by atoms with Crippen LogP contribution in [0.3, 0.4) is 0 Å². The Kier molecular flexibility index (Phi) is 3.48. The van der Waals surface area contributed by atoms with E-state index in [0.717, 1.165) is 11.1 Å². The Morgan fingerprint density at radius 2 is 1.86 bits per heavy atom. The normalized spacial score (nSPS) is 18.1. The highest BCUT2D eigenvalue weighted by Crippen LogP contribution is 2.46. The van der Waals surface area contributed by atoms with Crippen molar-refractivity contribution in [3.05, 3.63) is 71.1 Å². The Labute approximate surface area is 129 Å². The van der Waals surface area contributed by atoms with E-state index in [9.17, 15) is 5.26 Å². The molecule has 4 N–H and O–H groups in total. The van der Waals surface area contributed by atoms with Crippen LogP contribution in [0.4, 0.5) is 5.69 Å². The van der Waals surface area contributed by atoms with Crippen molar-refractivity contribution in [3.8, 4) is 11.8 Å². The first-order chi connectivity index (χ1) is 10.6. The monoisotopic (exact) mass is 291 g/mol. The summed E-state index contributed by atoms with van der Waals surface area (Å²) < 4.78 is 5.59. The molecule has 0 aliphatic carbocycles. The summed E-state index contributed by atoms with van der Waals surface area (Å²) in [5.74, 6) is 0.745. The topological polar surface area (TPSA) is 85.1 Å². The number of hydrogen-bond donors (Lipinski definition) is 2. The molecule has 110 valence electrons. The van der Waals surface area contributed by atoms with Crippen LogP contribution >= 0.6 is 0 Å². The van der Waals surface area contributed by atoms with E-state index in [1.54, 1.807) is 6.07 Å². The third-order valence-corrected chi connectivity index (χ3v) is 4.11. The number of nitrogens with zero attached hydrogens (tertiary/aromatic N) is 1. The van der Waals surface area contributed by atoms with Crippen molar-refractivity contribution >= 4 is 5.69 Å². The van der Waals surface area contributed by atoms with Gasteiger partial charge in [0.15, 0.2) is 0 Å². The SMILES string of the molecule is C[C@H](c1ccccc1)[C@H]1C(C#N)=C(N)Oc2cc(N)ccc21. The van der Waals surface area contributed by atoms with Crippen molar-refractivity contribution in [3.63, 3.8) is 0 Å². The Morgan fingerprint density at radius 1 is 1.14 bits per heavy atom. The van der Waals surface area contributed by atoms with Gasteiger partial charge in [0.2, 0.25) is 5.88 Å². The Hall–Kier alpha value is -2.93. The molecule has 0 amide bonds. The van der Waals surface area contributed by atoms with E-state index < -0.39 is 0 Å². The second kappa shape index (κ2) is 5.45. The number of allylic oxidation sites excluding steroid dienone is 1. The molecule has 0 bridgehead atoms. The number of nitriles is 1. The summed E-state index contributed by atoms with van der Waals surface area (Å²) in [7, 11) is 0. The predicted octanol–water partition coefficient (Wildman–Crippen LogP) is 3.24. The van der Waals surface area contributed by atoms with E-state index in [1.165, 1.54) is 0 Å². The van der Waals surface area contributed by atoms with Crippen LogP contribution in [0.2, 0.25) is 0 Å². The molecule has 0 unspecified atom stereocenters. The molecule has 2 atom stereocenters. The summed E-state index contributed by atoms with van der Waals surface area (Å²) in [4.78, 5) is 0. The first kappa shape index (κ1) is 14.0. The third kappa shape index (κ3) is 2.27. The summed E-state index contributed by atoms with van der Waals surface area (Å²) in [5.41, 5.74) is 14.9. The molecular weight excluding hydrogens is 274 g/mol. The summed E-state index contributed by atoms with van der Waals surface area (Å²) in [6.07, 6.45) is 0. The maximum atomic E-state index is 9.52. The number of hydrogen-bond acceptors (Lipinski definition) is 4. The summed E-state index contributed by atoms with van der Waals surface area (Å²) in [6.45, 7) is 2.09. The molecule has 0 spiro atoms. The zero-order chi connectivity index (χ0) is 15.7. The fourth-order valence-corrected chi connectivity index (χ4v) is 2.97. The Bertz CT molecular complexity index is 775. The zero-order valence-corrected chi connectivity index (χ0v) is 12.3. The van der Waals surface area contributed by atoms with Crippen LogP contribution < -0.4 is 16.2 Å². The molecule has 0 fully saturated rings. The Balaban J connectivity index is 2.14. The first-order valence-electron chi connectivity index (χ1n) is 7.13. The minimum atomic E-state index is -0.142. The largest absolute Gasteiger partial charge is 0.440 e. The third-order valence-electron chi connectivity index (χ3n) is 4.11. The van der Waals surface area contributed by atoms with Gasteiger partial charge in [-0.25, -0.2) is 0 Å². The van der Waals surface area contributed by atoms with E-state index in [2.05, 4.69) is 25.1 Å². The first-order valence-corrected chi connectivity index (χ1v) is 7.13. The van der Waals surface area contributed by atoms with Crippen molar-refractivity contribution in [2.24, 2.45) is 5.73 Å². The van der Waals surface area contributed by atoms with Crippen LogP contribution in [0, 0.1) is 11.3 Å². The highest BCUT2D eigenvalue weighted by molar-refractivity contribution is 5.57. The summed E-state index contributed by atoms with van der Waals surface area (Å²) in [5, 5.41) is 9.52. The number of benzene rings is 2. The van der Waals surface area contributed by atoms with Crippen LogP contribution in [-0.2, 0) is 0 Å². The van der Waals surface area contributed by atoms with Crippen molar-refractivity contribution in [1.29, 1.82) is 5.26 Å². The number of fused-ring (bicyclic) bond motifs is 1. The highest BCUT2D eigenvalue weighted by Gasteiger charge is 2.33. The van der Waals surface area contributed by atoms with Crippen molar-refractivity contribution in [1.82, 2.24) is 0 Å². The van der Waals surface area contributed by atoms with Crippen molar-refractivity contribution in [2.45, 2.75) is 18.8 Å². The number of ether oxygens (including phenoxy) is 1. The van der Waals surface area contributed by atoms with Gasteiger partial charge in [0.25, 0.3) is 0 Å². The van der Waals surface area contributed by atoms with Crippen LogP contribution in [0.15, 0.2) is 60.0 Å². The maximum absolute atomic E-state index is 9.52. The average molecular weight is 291 g/mol. The molecule has 1 aliphatic rings. The smallest absolute Gasteiger partial charge is 0.205 e. The second-order valence-electron chi connectivity index (χ2n) is 5.47. The van der Waals surface area contributed by atoms with Crippen LogP contribution in [0.5, 0.6) is 5.75 Å².